The molecule has 0 spiro atoms. The van der Waals surface area contributed by atoms with Crippen LogP contribution < -0.4 is 9.47 Å². The van der Waals surface area contributed by atoms with E-state index in [1.165, 1.54) is 0 Å². The van der Waals surface area contributed by atoms with Gasteiger partial charge in [0.25, 0.3) is 0 Å². The van der Waals surface area contributed by atoms with Crippen molar-refractivity contribution in [2.75, 3.05) is 33.4 Å². The lowest BCUT2D eigenvalue weighted by Crippen LogP contribution is -2.40. The molecule has 27 heavy (non-hydrogen) atoms. The Morgan fingerprint density at radius 1 is 1.26 bits per heavy atom. The molecular formula is C20H19BrN2O3S. The number of nitrogens with zero attached hydrogens (tertiary/aromatic N) is 2. The van der Waals surface area contributed by atoms with Crippen molar-refractivity contribution < 1.29 is 14.2 Å². The third kappa shape index (κ3) is 4.59. The van der Waals surface area contributed by atoms with E-state index in [0.717, 1.165) is 33.7 Å². The van der Waals surface area contributed by atoms with Gasteiger partial charge in [0.15, 0.2) is 11.5 Å². The quantitative estimate of drug-likeness (QED) is 0.648. The second kappa shape index (κ2) is 9.18. The van der Waals surface area contributed by atoms with Crippen LogP contribution in [0.15, 0.2) is 40.9 Å². The number of thiocarbonyl (C=S) groups is 1. The zero-order valence-corrected chi connectivity index (χ0v) is 17.3. The van der Waals surface area contributed by atoms with Gasteiger partial charge in [0.2, 0.25) is 0 Å². The normalized spacial score (nSPS) is 13.7. The molecule has 0 aliphatic carbocycles. The number of morpholine rings is 1. The van der Waals surface area contributed by atoms with Gasteiger partial charge in [-0.05, 0) is 34.1 Å². The molecule has 0 radical (unpaired) electrons. The first-order valence-corrected chi connectivity index (χ1v) is 9.69. The number of methoxy groups -OCH3 is 1. The van der Waals surface area contributed by atoms with Gasteiger partial charge in [0.1, 0.15) is 11.6 Å². The molecule has 0 unspecified atom stereocenters. The first-order valence-electron chi connectivity index (χ1n) is 8.49. The largest absolute Gasteiger partial charge is 0.493 e. The number of ether oxygens (including phenoxy) is 3. The van der Waals surface area contributed by atoms with E-state index in [2.05, 4.69) is 26.9 Å². The summed E-state index contributed by atoms with van der Waals surface area (Å²) in [5, 5.41) is 9.22. The minimum Gasteiger partial charge on any atom is -0.493 e. The van der Waals surface area contributed by atoms with E-state index in [-0.39, 0.29) is 6.61 Å². The van der Waals surface area contributed by atoms with Crippen LogP contribution in [0.4, 0.5) is 0 Å². The number of hydrogen-bond donors (Lipinski definition) is 0. The van der Waals surface area contributed by atoms with Crippen LogP contribution in [0, 0.1) is 11.3 Å². The predicted octanol–water partition coefficient (Wildman–Crippen LogP) is 3.92. The van der Waals surface area contributed by atoms with Gasteiger partial charge in [-0.1, -0.05) is 30.4 Å². The molecule has 2 aromatic carbocycles. The Labute approximate surface area is 172 Å². The zero-order chi connectivity index (χ0) is 19.2. The molecule has 0 amide bonds. The summed E-state index contributed by atoms with van der Waals surface area (Å²) in [5.41, 5.74) is 2.31. The topological polar surface area (TPSA) is 54.7 Å². The summed E-state index contributed by atoms with van der Waals surface area (Å²) >= 11 is 9.26. The maximum absolute atomic E-state index is 9.22. The molecular weight excluding hydrogens is 428 g/mol. The molecule has 1 aliphatic rings. The minimum atomic E-state index is 0.278. The van der Waals surface area contributed by atoms with Gasteiger partial charge in [-0.3, -0.25) is 0 Å². The number of halogens is 1. The zero-order valence-electron chi connectivity index (χ0n) is 14.9. The Bertz CT molecular complexity index is 876. The number of nitriles is 1. The van der Waals surface area contributed by atoms with Gasteiger partial charge in [-0.2, -0.15) is 5.26 Å². The van der Waals surface area contributed by atoms with Crippen LogP contribution in [0.1, 0.15) is 16.7 Å². The first-order chi connectivity index (χ1) is 13.1. The van der Waals surface area contributed by atoms with E-state index < -0.39 is 0 Å². The molecule has 1 fully saturated rings. The molecule has 0 N–H and O–H groups in total. The van der Waals surface area contributed by atoms with Crippen molar-refractivity contribution >= 4 is 33.1 Å². The van der Waals surface area contributed by atoms with Crippen molar-refractivity contribution in [2.45, 2.75) is 6.61 Å². The van der Waals surface area contributed by atoms with E-state index in [1.807, 2.05) is 30.3 Å². The molecule has 1 heterocycles. The second-order valence-electron chi connectivity index (χ2n) is 5.95. The summed E-state index contributed by atoms with van der Waals surface area (Å²) in [5.74, 6) is 1.18. The second-order valence-corrected chi connectivity index (χ2v) is 7.19. The van der Waals surface area contributed by atoms with Crippen molar-refractivity contribution in [2.24, 2.45) is 0 Å². The lowest BCUT2D eigenvalue weighted by atomic mass is 10.1. The van der Waals surface area contributed by atoms with Crippen LogP contribution in [0.5, 0.6) is 11.5 Å². The van der Waals surface area contributed by atoms with Crippen molar-refractivity contribution in [1.82, 2.24) is 4.90 Å². The van der Waals surface area contributed by atoms with Crippen LogP contribution in [0.2, 0.25) is 0 Å². The maximum Gasteiger partial charge on any atom is 0.162 e. The van der Waals surface area contributed by atoms with Crippen LogP contribution in [-0.4, -0.2) is 43.3 Å². The van der Waals surface area contributed by atoms with Gasteiger partial charge in [0, 0.05) is 28.7 Å². The van der Waals surface area contributed by atoms with Crippen LogP contribution in [-0.2, 0) is 11.3 Å². The number of hydrogen-bond acceptors (Lipinski definition) is 5. The molecule has 0 saturated carbocycles. The SMILES string of the molecule is COc1cc(C(=S)N2CCOCC2)c(Br)cc1OCc1ccccc1C#N. The Morgan fingerprint density at radius 3 is 2.70 bits per heavy atom. The summed E-state index contributed by atoms with van der Waals surface area (Å²) in [6.07, 6.45) is 0. The Hall–Kier alpha value is -2.14. The highest BCUT2D eigenvalue weighted by Gasteiger charge is 2.20. The lowest BCUT2D eigenvalue weighted by molar-refractivity contribution is 0.0692. The molecule has 2 aromatic rings. The smallest absolute Gasteiger partial charge is 0.162 e. The van der Waals surface area contributed by atoms with E-state index in [4.69, 9.17) is 26.4 Å². The third-order valence-corrected chi connectivity index (χ3v) is 5.44. The minimum absolute atomic E-state index is 0.278. The average Bonchev–Trinajstić information content (AvgIpc) is 2.72. The van der Waals surface area contributed by atoms with E-state index in [9.17, 15) is 5.26 Å². The number of rotatable bonds is 5. The molecule has 1 aliphatic heterocycles. The van der Waals surface area contributed by atoms with E-state index in [0.29, 0.717) is 30.3 Å². The lowest BCUT2D eigenvalue weighted by Gasteiger charge is -2.29. The molecule has 7 heteroatoms. The Morgan fingerprint density at radius 2 is 2.00 bits per heavy atom. The van der Waals surface area contributed by atoms with Crippen molar-refractivity contribution in [3.05, 3.63) is 57.6 Å². The highest BCUT2D eigenvalue weighted by Crippen LogP contribution is 2.35. The third-order valence-electron chi connectivity index (χ3n) is 4.30. The van der Waals surface area contributed by atoms with Gasteiger partial charge < -0.3 is 19.1 Å². The molecule has 140 valence electrons. The number of benzene rings is 2. The highest BCUT2D eigenvalue weighted by atomic mass is 79.9. The molecule has 0 bridgehead atoms. The molecule has 0 aromatic heterocycles. The fourth-order valence-corrected chi connectivity index (χ4v) is 3.81. The predicted molar refractivity (Wildman–Crippen MR) is 110 cm³/mol. The van der Waals surface area contributed by atoms with E-state index >= 15 is 0 Å². The van der Waals surface area contributed by atoms with Crippen LogP contribution in [0.25, 0.3) is 0 Å². The van der Waals surface area contributed by atoms with Gasteiger partial charge >= 0.3 is 0 Å². The average molecular weight is 447 g/mol. The van der Waals surface area contributed by atoms with Crippen LogP contribution >= 0.6 is 28.1 Å². The Kier molecular flexibility index (Phi) is 6.67. The summed E-state index contributed by atoms with van der Waals surface area (Å²) in [7, 11) is 1.60. The van der Waals surface area contributed by atoms with Crippen molar-refractivity contribution in [1.29, 1.82) is 5.26 Å². The summed E-state index contributed by atoms with van der Waals surface area (Å²) < 4.78 is 17.7. The van der Waals surface area contributed by atoms with Crippen molar-refractivity contribution in [3.63, 3.8) is 0 Å². The van der Waals surface area contributed by atoms with Gasteiger partial charge in [-0.15, -0.1) is 0 Å². The van der Waals surface area contributed by atoms with Crippen molar-refractivity contribution in [3.8, 4) is 17.6 Å². The molecule has 0 atom stereocenters. The molecule has 3 rings (SSSR count). The Balaban J connectivity index is 1.81. The van der Waals surface area contributed by atoms with Crippen LogP contribution in [0.3, 0.4) is 0 Å². The fourth-order valence-electron chi connectivity index (χ4n) is 2.82. The maximum atomic E-state index is 9.22. The molecule has 5 nitrogen and oxygen atoms in total. The summed E-state index contributed by atoms with van der Waals surface area (Å²) in [6.45, 7) is 3.18. The highest BCUT2D eigenvalue weighted by molar-refractivity contribution is 9.10. The monoisotopic (exact) mass is 446 g/mol. The van der Waals surface area contributed by atoms with Gasteiger partial charge in [0.05, 0.1) is 32.0 Å². The summed E-state index contributed by atoms with van der Waals surface area (Å²) in [6, 6.07) is 13.3. The summed E-state index contributed by atoms with van der Waals surface area (Å²) in [4.78, 5) is 2.88. The molecule has 1 saturated heterocycles. The van der Waals surface area contributed by atoms with E-state index in [1.54, 1.807) is 13.2 Å². The fraction of sp³-hybridized carbons (Fsp3) is 0.300. The standard InChI is InChI=1S/C20H19BrN2O3S/c1-24-18-10-16(20(27)23-6-8-25-9-7-23)17(21)11-19(18)26-13-15-5-3-2-4-14(15)12-22/h2-5,10-11H,6-9,13H2,1H3. The van der Waals surface area contributed by atoms with Gasteiger partial charge in [-0.25, -0.2) is 0 Å². The first kappa shape index (κ1) is 19.6.